The summed E-state index contributed by atoms with van der Waals surface area (Å²) in [6, 6.07) is 13.6. The maximum absolute atomic E-state index is 13.7. The molecule has 0 bridgehead atoms. The van der Waals surface area contributed by atoms with Gasteiger partial charge in [-0.1, -0.05) is 38.5 Å². The lowest BCUT2D eigenvalue weighted by molar-refractivity contribution is -0.149. The Labute approximate surface area is 292 Å². The number of rotatable bonds is 20. The average Bonchev–Trinajstić information content (AvgIpc) is 3.12. The van der Waals surface area contributed by atoms with E-state index >= 15 is 0 Å². The first-order chi connectivity index (χ1) is 23.7. The summed E-state index contributed by atoms with van der Waals surface area (Å²) in [6.07, 6.45) is 2.10. The molecule has 1 amide bonds. The third-order valence-electron chi connectivity index (χ3n) is 9.51. The molecule has 0 spiro atoms. The van der Waals surface area contributed by atoms with Gasteiger partial charge in [-0.15, -0.1) is 0 Å². The number of nitrogens with zero attached hydrogens (tertiary/aromatic N) is 2. The van der Waals surface area contributed by atoms with E-state index in [4.69, 9.17) is 34.2 Å². The van der Waals surface area contributed by atoms with Crippen LogP contribution in [0.25, 0.3) is 0 Å². The molecule has 49 heavy (non-hydrogen) atoms. The summed E-state index contributed by atoms with van der Waals surface area (Å²) < 4.78 is 35.5. The number of hydrogen-bond acceptors (Lipinski definition) is 10. The molecule has 2 heterocycles. The average molecular weight is 686 g/mol. The van der Waals surface area contributed by atoms with Gasteiger partial charge in [-0.2, -0.15) is 0 Å². The summed E-state index contributed by atoms with van der Waals surface area (Å²) in [4.78, 5) is 17.9. The van der Waals surface area contributed by atoms with Crippen molar-refractivity contribution in [3.05, 3.63) is 53.6 Å². The van der Waals surface area contributed by atoms with Gasteiger partial charge in [-0.3, -0.25) is 4.79 Å². The SMILES string of the molecule is CC[C@H](C)[C@H](N)C(=O)N1C[C@H](OCc2ccc3c(c2)N(CCCOC)CCO3)[C@@H](c2ccc(OCCCCOC)cc2)[C@H](OC[C@@H](C)O)C1. The standard InChI is InChI=1S/C38H59N3O8/c1-6-27(2)37(39)38(43)41-23-34(48-25-28(3)42)36(30-11-13-31(14-12-30)46-20-8-7-18-44-4)35(24-41)49-26-29-10-15-33-32(22-29)40(17-21-47-33)16-9-19-45-5/h10-15,22,27-28,34-37,42H,6-9,16-21,23-26,39H2,1-5H3/t27-,28+,34+,35-,36-,37-/m0/s1. The second kappa shape index (κ2) is 20.1. The maximum Gasteiger partial charge on any atom is 0.239 e. The lowest BCUT2D eigenvalue weighted by Crippen LogP contribution is -2.58. The van der Waals surface area contributed by atoms with E-state index in [1.807, 2.05) is 38.1 Å². The minimum absolute atomic E-state index is 0.0352. The number of likely N-dealkylation sites (tertiary alicyclic amines) is 1. The van der Waals surface area contributed by atoms with Crippen molar-refractivity contribution in [3.63, 3.8) is 0 Å². The number of fused-ring (bicyclic) bond motifs is 1. The highest BCUT2D eigenvalue weighted by Crippen LogP contribution is 2.36. The van der Waals surface area contributed by atoms with Crippen molar-refractivity contribution in [1.82, 2.24) is 4.90 Å². The van der Waals surface area contributed by atoms with Crippen LogP contribution in [-0.2, 0) is 30.3 Å². The van der Waals surface area contributed by atoms with Gasteiger partial charge in [0.1, 0.15) is 18.1 Å². The van der Waals surface area contributed by atoms with Crippen LogP contribution in [0.1, 0.15) is 63.5 Å². The number of benzene rings is 2. The van der Waals surface area contributed by atoms with Gasteiger partial charge in [0.2, 0.25) is 5.91 Å². The number of aliphatic hydroxyl groups excluding tert-OH is 1. The van der Waals surface area contributed by atoms with Crippen molar-refractivity contribution in [1.29, 1.82) is 0 Å². The van der Waals surface area contributed by atoms with Crippen LogP contribution >= 0.6 is 0 Å². The third kappa shape index (κ3) is 11.3. The molecule has 0 aromatic heterocycles. The second-order valence-electron chi connectivity index (χ2n) is 13.4. The first-order valence-corrected chi connectivity index (χ1v) is 17.9. The molecule has 0 radical (unpaired) electrons. The Bertz CT molecular complexity index is 1260. The number of nitrogens with two attached hydrogens (primary N) is 1. The molecule has 4 rings (SSSR count). The zero-order valence-corrected chi connectivity index (χ0v) is 30.2. The van der Waals surface area contributed by atoms with Crippen LogP contribution in [0.5, 0.6) is 11.5 Å². The summed E-state index contributed by atoms with van der Waals surface area (Å²) >= 11 is 0. The molecule has 0 saturated carbocycles. The Morgan fingerprint density at radius 3 is 2.37 bits per heavy atom. The second-order valence-corrected chi connectivity index (χ2v) is 13.4. The van der Waals surface area contributed by atoms with Gasteiger partial charge in [-0.05, 0) is 67.5 Å². The molecule has 0 unspecified atom stereocenters. The Morgan fingerprint density at radius 1 is 0.980 bits per heavy atom. The number of aliphatic hydroxyl groups is 1. The van der Waals surface area contributed by atoms with Gasteiger partial charge in [0.05, 0.1) is 56.4 Å². The molecule has 2 aromatic rings. The van der Waals surface area contributed by atoms with Crippen molar-refractivity contribution in [3.8, 4) is 11.5 Å². The molecular weight excluding hydrogens is 626 g/mol. The Morgan fingerprint density at radius 2 is 1.67 bits per heavy atom. The molecular formula is C38H59N3O8. The normalized spacial score (nSPS) is 21.1. The van der Waals surface area contributed by atoms with Gasteiger partial charge >= 0.3 is 0 Å². The summed E-state index contributed by atoms with van der Waals surface area (Å²) in [6.45, 7) is 11.3. The Kier molecular flexibility index (Phi) is 15.9. The molecule has 0 aliphatic carbocycles. The van der Waals surface area contributed by atoms with Crippen molar-refractivity contribution < 1.29 is 38.3 Å². The number of piperidine rings is 1. The summed E-state index contributed by atoms with van der Waals surface area (Å²) in [7, 11) is 3.43. The van der Waals surface area contributed by atoms with Crippen LogP contribution in [0, 0.1) is 5.92 Å². The molecule has 2 aliphatic rings. The van der Waals surface area contributed by atoms with E-state index in [0.29, 0.717) is 46.1 Å². The predicted molar refractivity (Wildman–Crippen MR) is 190 cm³/mol. The zero-order valence-electron chi connectivity index (χ0n) is 30.2. The lowest BCUT2D eigenvalue weighted by Gasteiger charge is -2.44. The topological polar surface area (TPSA) is 125 Å². The fraction of sp³-hybridized carbons (Fsp3) is 0.658. The molecule has 1 fully saturated rings. The maximum atomic E-state index is 13.7. The van der Waals surface area contributed by atoms with Crippen molar-refractivity contribution in [2.24, 2.45) is 11.7 Å². The zero-order chi connectivity index (χ0) is 35.2. The van der Waals surface area contributed by atoms with Crippen LogP contribution in [0.3, 0.4) is 0 Å². The number of carbonyl (C=O) groups excluding carboxylic acids is 1. The first-order valence-electron chi connectivity index (χ1n) is 17.9. The molecule has 1 saturated heterocycles. The molecule has 2 aliphatic heterocycles. The smallest absolute Gasteiger partial charge is 0.239 e. The number of hydrogen-bond donors (Lipinski definition) is 2. The largest absolute Gasteiger partial charge is 0.494 e. The van der Waals surface area contributed by atoms with Crippen molar-refractivity contribution >= 4 is 11.6 Å². The first kappa shape index (κ1) is 38.9. The highest BCUT2D eigenvalue weighted by atomic mass is 16.5. The number of ether oxygens (including phenoxy) is 6. The Balaban J connectivity index is 1.59. The summed E-state index contributed by atoms with van der Waals surface area (Å²) in [5.41, 5.74) is 9.56. The van der Waals surface area contributed by atoms with Gasteiger partial charge in [-0.25, -0.2) is 0 Å². The number of methoxy groups -OCH3 is 2. The van der Waals surface area contributed by atoms with Gasteiger partial charge < -0.3 is 49.1 Å². The Hall–Kier alpha value is -2.93. The molecule has 2 aromatic carbocycles. The molecule has 3 N–H and O–H groups in total. The van der Waals surface area contributed by atoms with Crippen LogP contribution in [0.2, 0.25) is 0 Å². The number of anilines is 1. The quantitative estimate of drug-likeness (QED) is 0.194. The minimum atomic E-state index is -0.660. The van der Waals surface area contributed by atoms with Crippen molar-refractivity contribution in [2.75, 3.05) is 78.3 Å². The van der Waals surface area contributed by atoms with Crippen LogP contribution in [0.15, 0.2) is 42.5 Å². The molecule has 6 atom stereocenters. The highest BCUT2D eigenvalue weighted by molar-refractivity contribution is 5.82. The fourth-order valence-electron chi connectivity index (χ4n) is 6.44. The van der Waals surface area contributed by atoms with Crippen LogP contribution in [0.4, 0.5) is 5.69 Å². The number of carbonyl (C=O) groups is 1. The van der Waals surface area contributed by atoms with E-state index in [1.54, 1.807) is 26.0 Å². The van der Waals surface area contributed by atoms with E-state index < -0.39 is 24.4 Å². The van der Waals surface area contributed by atoms with E-state index in [0.717, 1.165) is 67.1 Å². The van der Waals surface area contributed by atoms with E-state index in [1.165, 1.54) is 0 Å². The minimum Gasteiger partial charge on any atom is -0.494 e. The summed E-state index contributed by atoms with van der Waals surface area (Å²) in [5.74, 6) is 1.38. The van der Waals surface area contributed by atoms with E-state index in [2.05, 4.69) is 23.1 Å². The van der Waals surface area contributed by atoms with Crippen molar-refractivity contribution in [2.45, 2.75) is 83.3 Å². The number of amides is 1. The van der Waals surface area contributed by atoms with Gasteiger partial charge in [0.15, 0.2) is 0 Å². The highest BCUT2D eigenvalue weighted by Gasteiger charge is 2.42. The molecule has 11 heteroatoms. The molecule has 11 nitrogen and oxygen atoms in total. The monoisotopic (exact) mass is 685 g/mol. The van der Waals surface area contributed by atoms with Crippen LogP contribution in [-0.4, -0.2) is 114 Å². The van der Waals surface area contributed by atoms with Crippen LogP contribution < -0.4 is 20.1 Å². The summed E-state index contributed by atoms with van der Waals surface area (Å²) in [5, 5.41) is 10.2. The van der Waals surface area contributed by atoms with E-state index in [9.17, 15) is 9.90 Å². The lowest BCUT2D eigenvalue weighted by atomic mass is 9.83. The third-order valence-corrected chi connectivity index (χ3v) is 9.51. The predicted octanol–water partition coefficient (Wildman–Crippen LogP) is 4.38. The van der Waals surface area contributed by atoms with Gasteiger partial charge in [0.25, 0.3) is 0 Å². The fourth-order valence-corrected chi connectivity index (χ4v) is 6.44. The molecule has 274 valence electrons. The van der Waals surface area contributed by atoms with E-state index in [-0.39, 0.29) is 24.3 Å². The van der Waals surface area contributed by atoms with Gasteiger partial charge in [0, 0.05) is 53.0 Å². The number of unbranched alkanes of at least 4 members (excludes halogenated alkanes) is 1.